The highest BCUT2D eigenvalue weighted by Crippen LogP contribution is 2.38. The molecule has 2 atom stereocenters. The maximum atomic E-state index is 15.0. The molecule has 0 radical (unpaired) electrons. The van der Waals surface area contributed by atoms with Crippen molar-refractivity contribution in [2.75, 3.05) is 6.54 Å². The zero-order valence-electron chi connectivity index (χ0n) is 18.9. The third-order valence-electron chi connectivity index (χ3n) is 7.00. The van der Waals surface area contributed by atoms with Crippen molar-refractivity contribution in [2.24, 2.45) is 0 Å². The van der Waals surface area contributed by atoms with E-state index < -0.39 is 12.1 Å². The molecule has 1 saturated heterocycles. The van der Waals surface area contributed by atoms with Crippen LogP contribution in [0.1, 0.15) is 66.4 Å². The molecule has 1 aromatic heterocycles. The van der Waals surface area contributed by atoms with E-state index in [1.165, 1.54) is 6.20 Å². The van der Waals surface area contributed by atoms with E-state index in [4.69, 9.17) is 0 Å². The second kappa shape index (κ2) is 9.75. The summed E-state index contributed by atoms with van der Waals surface area (Å²) in [6, 6.07) is 13.8. The number of H-pyrrole nitrogens is 1. The first kappa shape index (κ1) is 22.3. The van der Waals surface area contributed by atoms with E-state index in [2.05, 4.69) is 20.7 Å². The number of nitrogens with zero attached hydrogens (tertiary/aromatic N) is 3. The van der Waals surface area contributed by atoms with Crippen molar-refractivity contribution in [3.63, 3.8) is 0 Å². The lowest BCUT2D eigenvalue weighted by atomic mass is 9.79. The van der Waals surface area contributed by atoms with Gasteiger partial charge >= 0.3 is 0 Å². The molecule has 3 aromatic rings. The van der Waals surface area contributed by atoms with E-state index in [0.717, 1.165) is 36.8 Å². The number of nitrogens with one attached hydrogen (secondary N) is 2. The van der Waals surface area contributed by atoms with Crippen LogP contribution in [0.5, 0.6) is 0 Å². The molecule has 5 rings (SSSR count). The van der Waals surface area contributed by atoms with Crippen LogP contribution < -0.4 is 5.32 Å². The average molecular weight is 462 g/mol. The molecule has 176 valence electrons. The van der Waals surface area contributed by atoms with Gasteiger partial charge in [-0.25, -0.2) is 4.39 Å². The van der Waals surface area contributed by atoms with Gasteiger partial charge in [0.1, 0.15) is 11.9 Å². The second-order valence-corrected chi connectivity index (χ2v) is 9.14. The molecule has 34 heavy (non-hydrogen) atoms. The zero-order chi connectivity index (χ0) is 23.5. The van der Waals surface area contributed by atoms with E-state index in [0.29, 0.717) is 30.1 Å². The van der Waals surface area contributed by atoms with Gasteiger partial charge in [-0.2, -0.15) is 15.4 Å². The summed E-state index contributed by atoms with van der Waals surface area (Å²) in [6.07, 6.45) is 6.13. The topological polar surface area (TPSA) is 91.0 Å². The summed E-state index contributed by atoms with van der Waals surface area (Å²) >= 11 is 0. The Balaban J connectivity index is 1.36. The molecule has 1 aliphatic heterocycles. The molecule has 0 spiro atoms. The Bertz CT molecular complexity index is 1150. The maximum absolute atomic E-state index is 15.0. The molecule has 2 heterocycles. The first-order chi connectivity index (χ1) is 16.6. The number of aromatic amines is 1. The average Bonchev–Trinajstić information content (AvgIpc) is 3.50. The fourth-order valence-corrected chi connectivity index (χ4v) is 4.92. The monoisotopic (exact) mass is 461 g/mol. The number of likely N-dealkylation sites (tertiary alicyclic amines) is 1. The third kappa shape index (κ3) is 4.58. The van der Waals surface area contributed by atoms with Crippen LogP contribution in [0, 0.1) is 5.82 Å². The molecule has 2 fully saturated rings. The van der Waals surface area contributed by atoms with Crippen molar-refractivity contribution in [2.45, 2.75) is 56.5 Å². The van der Waals surface area contributed by atoms with Gasteiger partial charge in [0.2, 0.25) is 11.8 Å². The van der Waals surface area contributed by atoms with Crippen molar-refractivity contribution >= 4 is 11.8 Å². The van der Waals surface area contributed by atoms with Crippen LogP contribution in [0.3, 0.4) is 0 Å². The number of hydrogen-bond acceptors (Lipinski definition) is 4. The summed E-state index contributed by atoms with van der Waals surface area (Å²) in [5, 5.41) is 13.3. The number of carbonyl (C=O) groups is 2. The van der Waals surface area contributed by atoms with Crippen LogP contribution in [-0.2, 0) is 16.0 Å². The van der Waals surface area contributed by atoms with Crippen LogP contribution in [0.4, 0.5) is 4.39 Å². The SMILES string of the molecule is O=C(NC(c1ccccc1)c1ccc(C2CCC2)c(F)c1)[C@@H]1CCCN1C(=O)Cc1cn[nH]n1. The van der Waals surface area contributed by atoms with Crippen LogP contribution in [0.2, 0.25) is 0 Å². The van der Waals surface area contributed by atoms with Gasteiger partial charge in [-0.1, -0.05) is 48.9 Å². The Hall–Kier alpha value is -3.55. The predicted molar refractivity (Wildman–Crippen MR) is 124 cm³/mol. The number of hydrogen-bond donors (Lipinski definition) is 2. The van der Waals surface area contributed by atoms with Gasteiger partial charge in [-0.05, 0) is 54.4 Å². The van der Waals surface area contributed by atoms with Gasteiger partial charge in [0.05, 0.1) is 24.4 Å². The van der Waals surface area contributed by atoms with Crippen LogP contribution in [0.15, 0.2) is 54.7 Å². The Morgan fingerprint density at radius 1 is 1.09 bits per heavy atom. The normalized spacial score (nSPS) is 19.0. The van der Waals surface area contributed by atoms with Crippen molar-refractivity contribution in [3.8, 4) is 0 Å². The van der Waals surface area contributed by atoms with Crippen LogP contribution in [-0.4, -0.2) is 44.7 Å². The number of rotatable bonds is 7. The number of carbonyl (C=O) groups excluding carboxylic acids is 2. The summed E-state index contributed by atoms with van der Waals surface area (Å²) in [7, 11) is 0. The summed E-state index contributed by atoms with van der Waals surface area (Å²) in [4.78, 5) is 27.9. The van der Waals surface area contributed by atoms with Gasteiger partial charge in [0.25, 0.3) is 0 Å². The summed E-state index contributed by atoms with van der Waals surface area (Å²) in [6.45, 7) is 0.523. The predicted octanol–water partition coefficient (Wildman–Crippen LogP) is 3.65. The van der Waals surface area contributed by atoms with E-state index in [-0.39, 0.29) is 24.1 Å². The third-order valence-corrected chi connectivity index (χ3v) is 7.00. The van der Waals surface area contributed by atoms with Crippen molar-refractivity contribution in [1.29, 1.82) is 0 Å². The van der Waals surface area contributed by atoms with Gasteiger partial charge < -0.3 is 10.2 Å². The minimum atomic E-state index is -0.565. The fourth-order valence-electron chi connectivity index (χ4n) is 4.92. The highest BCUT2D eigenvalue weighted by Gasteiger charge is 2.35. The van der Waals surface area contributed by atoms with Gasteiger partial charge in [0.15, 0.2) is 0 Å². The second-order valence-electron chi connectivity index (χ2n) is 9.14. The molecule has 1 aliphatic carbocycles. The van der Waals surface area contributed by atoms with Gasteiger partial charge in [-0.15, -0.1) is 0 Å². The highest BCUT2D eigenvalue weighted by atomic mass is 19.1. The first-order valence-corrected chi connectivity index (χ1v) is 11.9. The minimum absolute atomic E-state index is 0.0935. The van der Waals surface area contributed by atoms with Crippen LogP contribution >= 0.6 is 0 Å². The molecule has 2 aliphatic rings. The Labute approximate surface area is 197 Å². The number of aromatic nitrogens is 3. The number of halogens is 1. The lowest BCUT2D eigenvalue weighted by Crippen LogP contribution is -2.47. The minimum Gasteiger partial charge on any atom is -0.343 e. The molecule has 2 amide bonds. The lowest BCUT2D eigenvalue weighted by molar-refractivity contribution is -0.138. The number of benzene rings is 2. The van der Waals surface area contributed by atoms with Crippen molar-refractivity contribution < 1.29 is 14.0 Å². The van der Waals surface area contributed by atoms with Crippen molar-refractivity contribution in [3.05, 3.63) is 82.9 Å². The Morgan fingerprint density at radius 2 is 1.91 bits per heavy atom. The standard InChI is InChI=1S/C26H28FN5O2/c27-22-14-19(11-12-21(22)17-8-4-9-17)25(18-6-2-1-3-7-18)29-26(34)23-10-5-13-32(23)24(33)15-20-16-28-31-30-20/h1-3,6-7,11-12,14,16-17,23,25H,4-5,8-10,13,15H2,(H,29,34)(H,28,30,31)/t23-,25?/m0/s1. The molecule has 8 heteroatoms. The Morgan fingerprint density at radius 3 is 2.59 bits per heavy atom. The summed E-state index contributed by atoms with van der Waals surface area (Å²) in [5.74, 6) is -0.314. The molecule has 2 aromatic carbocycles. The number of amides is 2. The van der Waals surface area contributed by atoms with Gasteiger partial charge in [0, 0.05) is 6.54 Å². The summed E-state index contributed by atoms with van der Waals surface area (Å²) in [5.41, 5.74) is 2.86. The maximum Gasteiger partial charge on any atom is 0.243 e. The summed E-state index contributed by atoms with van der Waals surface area (Å²) < 4.78 is 15.0. The fraction of sp³-hybridized carbons (Fsp3) is 0.385. The smallest absolute Gasteiger partial charge is 0.243 e. The molecule has 0 bridgehead atoms. The van der Waals surface area contributed by atoms with E-state index in [1.54, 1.807) is 11.0 Å². The molecule has 1 unspecified atom stereocenters. The van der Waals surface area contributed by atoms with E-state index in [1.807, 2.05) is 42.5 Å². The van der Waals surface area contributed by atoms with Crippen LogP contribution in [0.25, 0.3) is 0 Å². The Kier molecular flexibility index (Phi) is 6.38. The van der Waals surface area contributed by atoms with Gasteiger partial charge in [-0.3, -0.25) is 9.59 Å². The van der Waals surface area contributed by atoms with E-state index >= 15 is 4.39 Å². The van der Waals surface area contributed by atoms with Crippen molar-refractivity contribution in [1.82, 2.24) is 25.6 Å². The van der Waals surface area contributed by atoms with E-state index in [9.17, 15) is 9.59 Å². The molecular formula is C26H28FN5O2. The molecular weight excluding hydrogens is 433 g/mol. The molecule has 1 saturated carbocycles. The quantitative estimate of drug-likeness (QED) is 0.562. The molecule has 7 nitrogen and oxygen atoms in total. The zero-order valence-corrected chi connectivity index (χ0v) is 18.9. The molecule has 2 N–H and O–H groups in total. The first-order valence-electron chi connectivity index (χ1n) is 11.9. The highest BCUT2D eigenvalue weighted by molar-refractivity contribution is 5.89. The lowest BCUT2D eigenvalue weighted by Gasteiger charge is -2.28. The largest absolute Gasteiger partial charge is 0.343 e.